The standard InChI is InChI=1S/C9H12N4O/c1-4-7-10-5(2)8-9(14)11-6(3)12-13(7)8/h4H2,1-3H3,(H,11,12,14). The van der Waals surface area contributed by atoms with Crippen LogP contribution in [0.15, 0.2) is 4.79 Å². The number of aromatic amines is 1. The van der Waals surface area contributed by atoms with Crippen molar-refractivity contribution in [3.8, 4) is 0 Å². The average molecular weight is 192 g/mol. The summed E-state index contributed by atoms with van der Waals surface area (Å²) in [5, 5.41) is 4.23. The minimum Gasteiger partial charge on any atom is -0.307 e. The molecule has 0 amide bonds. The van der Waals surface area contributed by atoms with Crippen molar-refractivity contribution in [1.82, 2.24) is 19.6 Å². The lowest BCUT2D eigenvalue weighted by atomic mass is 10.4. The van der Waals surface area contributed by atoms with E-state index in [0.717, 1.165) is 17.9 Å². The summed E-state index contributed by atoms with van der Waals surface area (Å²) in [4.78, 5) is 18.5. The van der Waals surface area contributed by atoms with Crippen LogP contribution in [0.5, 0.6) is 0 Å². The fraction of sp³-hybridized carbons (Fsp3) is 0.444. The fourth-order valence-corrected chi connectivity index (χ4v) is 1.57. The number of nitrogens with one attached hydrogen (secondary N) is 1. The molecule has 0 saturated heterocycles. The number of aryl methyl sites for hydroxylation is 3. The molecule has 74 valence electrons. The van der Waals surface area contributed by atoms with Gasteiger partial charge < -0.3 is 4.98 Å². The predicted molar refractivity (Wildman–Crippen MR) is 52.5 cm³/mol. The Bertz CT molecular complexity index is 537. The molecule has 0 bridgehead atoms. The second kappa shape index (κ2) is 2.94. The highest BCUT2D eigenvalue weighted by Crippen LogP contribution is 2.06. The Kier molecular flexibility index (Phi) is 1.87. The van der Waals surface area contributed by atoms with Crippen LogP contribution in [-0.2, 0) is 6.42 Å². The first-order valence-electron chi connectivity index (χ1n) is 4.58. The van der Waals surface area contributed by atoms with E-state index in [1.54, 1.807) is 11.4 Å². The van der Waals surface area contributed by atoms with Gasteiger partial charge in [0.1, 0.15) is 11.6 Å². The molecule has 0 aliphatic carbocycles. The van der Waals surface area contributed by atoms with E-state index in [2.05, 4.69) is 15.1 Å². The Balaban J connectivity index is 2.96. The highest BCUT2D eigenvalue weighted by atomic mass is 16.1. The number of imidazole rings is 1. The van der Waals surface area contributed by atoms with Gasteiger partial charge in [-0.05, 0) is 13.8 Å². The maximum Gasteiger partial charge on any atom is 0.277 e. The van der Waals surface area contributed by atoms with E-state index in [0.29, 0.717) is 11.3 Å². The van der Waals surface area contributed by atoms with Crippen LogP contribution in [-0.4, -0.2) is 19.6 Å². The van der Waals surface area contributed by atoms with Crippen LogP contribution >= 0.6 is 0 Å². The van der Waals surface area contributed by atoms with Gasteiger partial charge in [0.2, 0.25) is 0 Å². The molecule has 5 heteroatoms. The van der Waals surface area contributed by atoms with E-state index in [1.165, 1.54) is 0 Å². The Morgan fingerprint density at radius 3 is 2.79 bits per heavy atom. The molecule has 0 aliphatic rings. The van der Waals surface area contributed by atoms with Crippen molar-refractivity contribution in [3.63, 3.8) is 0 Å². The molecule has 0 aliphatic heterocycles. The monoisotopic (exact) mass is 192 g/mol. The third-order valence-electron chi connectivity index (χ3n) is 2.17. The molecule has 0 atom stereocenters. The number of aromatic nitrogens is 4. The second-order valence-electron chi connectivity index (χ2n) is 3.27. The zero-order valence-electron chi connectivity index (χ0n) is 8.46. The molecule has 0 radical (unpaired) electrons. The quantitative estimate of drug-likeness (QED) is 0.719. The summed E-state index contributed by atoms with van der Waals surface area (Å²) in [5.41, 5.74) is 1.16. The maximum absolute atomic E-state index is 11.6. The van der Waals surface area contributed by atoms with Crippen LogP contribution in [0.2, 0.25) is 0 Å². The largest absolute Gasteiger partial charge is 0.307 e. The maximum atomic E-state index is 11.6. The Hall–Kier alpha value is -1.65. The van der Waals surface area contributed by atoms with Gasteiger partial charge in [0, 0.05) is 6.42 Å². The molecule has 14 heavy (non-hydrogen) atoms. The van der Waals surface area contributed by atoms with Gasteiger partial charge >= 0.3 is 0 Å². The number of rotatable bonds is 1. The van der Waals surface area contributed by atoms with Crippen molar-refractivity contribution >= 4 is 5.52 Å². The summed E-state index contributed by atoms with van der Waals surface area (Å²) < 4.78 is 1.63. The summed E-state index contributed by atoms with van der Waals surface area (Å²) in [6.45, 7) is 5.57. The Labute approximate surface area is 80.8 Å². The summed E-state index contributed by atoms with van der Waals surface area (Å²) >= 11 is 0. The van der Waals surface area contributed by atoms with Crippen LogP contribution in [0.3, 0.4) is 0 Å². The Morgan fingerprint density at radius 1 is 1.43 bits per heavy atom. The molecule has 2 rings (SSSR count). The van der Waals surface area contributed by atoms with Crippen LogP contribution in [0.4, 0.5) is 0 Å². The number of fused-ring (bicyclic) bond motifs is 1. The van der Waals surface area contributed by atoms with E-state index >= 15 is 0 Å². The molecule has 2 aromatic heterocycles. The highest BCUT2D eigenvalue weighted by molar-refractivity contribution is 5.49. The molecule has 0 aromatic carbocycles. The van der Waals surface area contributed by atoms with E-state index in [9.17, 15) is 4.79 Å². The van der Waals surface area contributed by atoms with Crippen LogP contribution in [0.25, 0.3) is 5.52 Å². The van der Waals surface area contributed by atoms with Crippen molar-refractivity contribution in [2.24, 2.45) is 0 Å². The van der Waals surface area contributed by atoms with Gasteiger partial charge in [0.05, 0.1) is 5.69 Å². The lowest BCUT2D eigenvalue weighted by Gasteiger charge is -1.97. The first kappa shape index (κ1) is 8.93. The molecule has 1 N–H and O–H groups in total. The summed E-state index contributed by atoms with van der Waals surface area (Å²) in [5.74, 6) is 1.43. The fourth-order valence-electron chi connectivity index (χ4n) is 1.57. The summed E-state index contributed by atoms with van der Waals surface area (Å²) in [7, 11) is 0. The molecular formula is C9H12N4O. The molecule has 0 spiro atoms. The third-order valence-corrected chi connectivity index (χ3v) is 2.17. The molecule has 2 heterocycles. The van der Waals surface area contributed by atoms with Gasteiger partial charge in [-0.15, -0.1) is 0 Å². The van der Waals surface area contributed by atoms with Crippen molar-refractivity contribution in [3.05, 3.63) is 27.7 Å². The summed E-state index contributed by atoms with van der Waals surface area (Å²) in [6.07, 6.45) is 0.769. The van der Waals surface area contributed by atoms with Crippen LogP contribution < -0.4 is 5.56 Å². The molecule has 5 nitrogen and oxygen atoms in total. The highest BCUT2D eigenvalue weighted by Gasteiger charge is 2.10. The van der Waals surface area contributed by atoms with Gasteiger partial charge in [0.15, 0.2) is 5.52 Å². The SMILES string of the molecule is CCc1nc(C)c2c(=O)[nH]c(C)nn12. The minimum atomic E-state index is -0.123. The molecular weight excluding hydrogens is 180 g/mol. The summed E-state index contributed by atoms with van der Waals surface area (Å²) in [6, 6.07) is 0. The zero-order valence-corrected chi connectivity index (χ0v) is 8.46. The number of hydrogen-bond donors (Lipinski definition) is 1. The van der Waals surface area contributed by atoms with Gasteiger partial charge in [0.25, 0.3) is 5.56 Å². The first-order valence-corrected chi connectivity index (χ1v) is 4.58. The normalized spacial score (nSPS) is 11.1. The predicted octanol–water partition coefficient (Wildman–Crippen LogP) is 0.597. The first-order chi connectivity index (χ1) is 6.63. The third kappa shape index (κ3) is 1.13. The van der Waals surface area contributed by atoms with E-state index in [4.69, 9.17) is 0 Å². The van der Waals surface area contributed by atoms with Crippen molar-refractivity contribution in [1.29, 1.82) is 0 Å². The molecule has 2 aromatic rings. The lowest BCUT2D eigenvalue weighted by molar-refractivity contribution is 0.778. The number of H-pyrrole nitrogens is 1. The minimum absolute atomic E-state index is 0.123. The number of nitrogens with zero attached hydrogens (tertiary/aromatic N) is 3. The second-order valence-corrected chi connectivity index (χ2v) is 3.27. The molecule has 0 saturated carbocycles. The van der Waals surface area contributed by atoms with E-state index < -0.39 is 0 Å². The smallest absolute Gasteiger partial charge is 0.277 e. The topological polar surface area (TPSA) is 63.0 Å². The number of hydrogen-bond acceptors (Lipinski definition) is 3. The van der Waals surface area contributed by atoms with Gasteiger partial charge in [-0.3, -0.25) is 4.79 Å². The molecule has 0 fully saturated rings. The van der Waals surface area contributed by atoms with Crippen molar-refractivity contribution < 1.29 is 0 Å². The van der Waals surface area contributed by atoms with Crippen LogP contribution in [0.1, 0.15) is 24.3 Å². The van der Waals surface area contributed by atoms with Gasteiger partial charge in [-0.1, -0.05) is 6.92 Å². The van der Waals surface area contributed by atoms with Crippen LogP contribution in [0, 0.1) is 13.8 Å². The van der Waals surface area contributed by atoms with Gasteiger partial charge in [-0.25, -0.2) is 9.50 Å². The molecule has 0 unspecified atom stereocenters. The van der Waals surface area contributed by atoms with E-state index in [1.807, 2.05) is 13.8 Å². The van der Waals surface area contributed by atoms with Crippen molar-refractivity contribution in [2.75, 3.05) is 0 Å². The van der Waals surface area contributed by atoms with Gasteiger partial charge in [-0.2, -0.15) is 5.10 Å². The van der Waals surface area contributed by atoms with E-state index in [-0.39, 0.29) is 5.56 Å². The average Bonchev–Trinajstić information content (AvgIpc) is 2.42. The van der Waals surface area contributed by atoms with Crippen molar-refractivity contribution in [2.45, 2.75) is 27.2 Å². The Morgan fingerprint density at radius 2 is 2.14 bits per heavy atom. The lowest BCUT2D eigenvalue weighted by Crippen LogP contribution is -2.15. The zero-order chi connectivity index (χ0) is 10.3.